The topological polar surface area (TPSA) is 64.5 Å². The highest BCUT2D eigenvalue weighted by atomic mass is 16.5. The number of benzene rings is 1. The second kappa shape index (κ2) is 7.91. The summed E-state index contributed by atoms with van der Waals surface area (Å²) < 4.78 is 10.5. The van der Waals surface area contributed by atoms with Gasteiger partial charge in [-0.3, -0.25) is 9.69 Å². The van der Waals surface area contributed by atoms with Crippen LogP contribution in [0.5, 0.6) is 11.6 Å². The third-order valence-electron chi connectivity index (χ3n) is 5.01. The Hall–Kier alpha value is -3.41. The number of carbonyl (C=O) groups is 1. The van der Waals surface area contributed by atoms with Crippen LogP contribution in [0.4, 0.5) is 11.5 Å². The quantitative estimate of drug-likeness (QED) is 0.619. The number of nitrogens with zero attached hydrogens (tertiary/aromatic N) is 3. The number of methoxy groups -OCH3 is 2. The zero-order valence-electron chi connectivity index (χ0n) is 16.8. The number of pyridine rings is 2. The average molecular weight is 389 g/mol. The lowest BCUT2D eigenvalue weighted by molar-refractivity contribution is -0.119. The molecule has 0 spiro atoms. The van der Waals surface area contributed by atoms with Gasteiger partial charge in [-0.25, -0.2) is 9.97 Å². The molecule has 0 radical (unpaired) electrons. The molecule has 1 aliphatic carbocycles. The van der Waals surface area contributed by atoms with Crippen molar-refractivity contribution in [2.45, 2.75) is 19.8 Å². The number of anilines is 2. The fourth-order valence-corrected chi connectivity index (χ4v) is 3.22. The van der Waals surface area contributed by atoms with E-state index in [0.29, 0.717) is 11.7 Å². The molecule has 29 heavy (non-hydrogen) atoms. The first kappa shape index (κ1) is 18.9. The summed E-state index contributed by atoms with van der Waals surface area (Å²) in [5, 5.41) is 0. The lowest BCUT2D eigenvalue weighted by Gasteiger charge is -2.23. The predicted octanol–water partition coefficient (Wildman–Crippen LogP) is 4.54. The summed E-state index contributed by atoms with van der Waals surface area (Å²) in [5.41, 5.74) is 3.47. The highest BCUT2D eigenvalue weighted by Crippen LogP contribution is 2.37. The van der Waals surface area contributed by atoms with E-state index in [1.165, 1.54) is 0 Å². The summed E-state index contributed by atoms with van der Waals surface area (Å²) in [6.07, 6.45) is 3.54. The second-order valence-corrected chi connectivity index (χ2v) is 7.07. The van der Waals surface area contributed by atoms with Crippen molar-refractivity contribution in [3.63, 3.8) is 0 Å². The van der Waals surface area contributed by atoms with Crippen molar-refractivity contribution in [1.29, 1.82) is 0 Å². The van der Waals surface area contributed by atoms with Crippen molar-refractivity contribution < 1.29 is 14.3 Å². The maximum absolute atomic E-state index is 13.1. The summed E-state index contributed by atoms with van der Waals surface area (Å²) >= 11 is 0. The number of aryl methyl sites for hydroxylation is 1. The first-order chi connectivity index (χ1) is 14.1. The van der Waals surface area contributed by atoms with Crippen LogP contribution in [0, 0.1) is 12.8 Å². The van der Waals surface area contributed by atoms with Gasteiger partial charge >= 0.3 is 0 Å². The molecule has 1 aliphatic rings. The highest BCUT2D eigenvalue weighted by molar-refractivity contribution is 6.02. The number of amides is 1. The third-order valence-corrected chi connectivity index (χ3v) is 5.01. The molecular weight excluding hydrogens is 366 g/mol. The molecule has 4 rings (SSSR count). The van der Waals surface area contributed by atoms with E-state index >= 15 is 0 Å². The van der Waals surface area contributed by atoms with E-state index in [1.807, 2.05) is 55.5 Å². The number of ether oxygens (including phenoxy) is 2. The van der Waals surface area contributed by atoms with Gasteiger partial charge in [0.1, 0.15) is 11.6 Å². The number of hydrogen-bond donors (Lipinski definition) is 0. The summed E-state index contributed by atoms with van der Waals surface area (Å²) in [5.74, 6) is 2.00. The van der Waals surface area contributed by atoms with E-state index < -0.39 is 0 Å². The smallest absolute Gasteiger partial charge is 0.235 e. The van der Waals surface area contributed by atoms with Crippen molar-refractivity contribution in [2.24, 2.45) is 5.92 Å². The molecule has 6 nitrogen and oxygen atoms in total. The molecule has 6 heteroatoms. The zero-order chi connectivity index (χ0) is 20.4. The van der Waals surface area contributed by atoms with E-state index in [2.05, 4.69) is 4.98 Å². The minimum absolute atomic E-state index is 0.0599. The zero-order valence-corrected chi connectivity index (χ0v) is 16.8. The fourth-order valence-electron chi connectivity index (χ4n) is 3.22. The van der Waals surface area contributed by atoms with Gasteiger partial charge in [-0.05, 0) is 61.7 Å². The molecule has 1 aromatic carbocycles. The molecule has 0 saturated heterocycles. The van der Waals surface area contributed by atoms with Crippen LogP contribution in [-0.2, 0) is 4.79 Å². The van der Waals surface area contributed by atoms with Gasteiger partial charge in [0.05, 0.1) is 25.6 Å². The normalized spacial score (nSPS) is 13.1. The SMILES string of the molecule is COc1ccc(N(C(=O)C2CC2)c2ccc(C)c(-c3ccnc(OC)c3)n2)cc1. The largest absolute Gasteiger partial charge is 0.497 e. The minimum atomic E-state index is 0.0599. The van der Waals surface area contributed by atoms with Gasteiger partial charge in [0.15, 0.2) is 0 Å². The highest BCUT2D eigenvalue weighted by Gasteiger charge is 2.35. The molecule has 2 heterocycles. The van der Waals surface area contributed by atoms with Crippen LogP contribution >= 0.6 is 0 Å². The Kier molecular flexibility index (Phi) is 5.16. The molecule has 1 saturated carbocycles. The van der Waals surface area contributed by atoms with Crippen LogP contribution in [0.1, 0.15) is 18.4 Å². The van der Waals surface area contributed by atoms with E-state index in [-0.39, 0.29) is 11.8 Å². The molecule has 0 unspecified atom stereocenters. The molecule has 2 aromatic heterocycles. The van der Waals surface area contributed by atoms with E-state index in [0.717, 1.165) is 41.1 Å². The van der Waals surface area contributed by atoms with Gasteiger partial charge in [0, 0.05) is 23.7 Å². The number of aromatic nitrogens is 2. The van der Waals surface area contributed by atoms with Gasteiger partial charge in [-0.2, -0.15) is 0 Å². The van der Waals surface area contributed by atoms with E-state index in [1.54, 1.807) is 25.3 Å². The first-order valence-electron chi connectivity index (χ1n) is 9.57. The molecule has 1 amide bonds. The van der Waals surface area contributed by atoms with Crippen LogP contribution in [0.15, 0.2) is 54.7 Å². The molecular formula is C23H23N3O3. The van der Waals surface area contributed by atoms with Crippen LogP contribution < -0.4 is 14.4 Å². The Morgan fingerprint density at radius 3 is 2.45 bits per heavy atom. The van der Waals surface area contributed by atoms with Crippen molar-refractivity contribution in [3.05, 3.63) is 60.3 Å². The Morgan fingerprint density at radius 2 is 1.79 bits per heavy atom. The van der Waals surface area contributed by atoms with Gasteiger partial charge in [0.2, 0.25) is 11.8 Å². The average Bonchev–Trinajstić information content (AvgIpc) is 3.61. The Bertz CT molecular complexity index is 1030. The monoisotopic (exact) mass is 389 g/mol. The standard InChI is InChI=1S/C23H23N3O3/c1-15-4-11-20(25-22(15)17-12-13-24-21(14-17)29-3)26(23(27)16-5-6-16)18-7-9-19(28-2)10-8-18/h4,7-14,16H,5-6H2,1-3H3. The number of rotatable bonds is 6. The lowest BCUT2D eigenvalue weighted by atomic mass is 10.1. The molecule has 3 aromatic rings. The second-order valence-electron chi connectivity index (χ2n) is 7.07. The summed E-state index contributed by atoms with van der Waals surface area (Å²) in [7, 11) is 3.21. The van der Waals surface area contributed by atoms with Crippen LogP contribution in [0.2, 0.25) is 0 Å². The Morgan fingerprint density at radius 1 is 1.03 bits per heavy atom. The maximum Gasteiger partial charge on any atom is 0.235 e. The molecule has 1 fully saturated rings. The Labute approximate surface area is 170 Å². The van der Waals surface area contributed by atoms with E-state index in [4.69, 9.17) is 14.5 Å². The third kappa shape index (κ3) is 3.92. The Balaban J connectivity index is 1.79. The van der Waals surface area contributed by atoms with Crippen molar-refractivity contribution in [2.75, 3.05) is 19.1 Å². The van der Waals surface area contributed by atoms with Gasteiger partial charge in [-0.1, -0.05) is 6.07 Å². The minimum Gasteiger partial charge on any atom is -0.497 e. The molecule has 0 aliphatic heterocycles. The summed E-state index contributed by atoms with van der Waals surface area (Å²) in [4.78, 5) is 23.9. The maximum atomic E-state index is 13.1. The predicted molar refractivity (Wildman–Crippen MR) is 112 cm³/mol. The fraction of sp³-hybridized carbons (Fsp3) is 0.261. The lowest BCUT2D eigenvalue weighted by Crippen LogP contribution is -2.28. The molecule has 148 valence electrons. The van der Waals surface area contributed by atoms with Gasteiger partial charge < -0.3 is 9.47 Å². The van der Waals surface area contributed by atoms with Crippen molar-refractivity contribution in [1.82, 2.24) is 9.97 Å². The van der Waals surface area contributed by atoms with Crippen LogP contribution in [0.3, 0.4) is 0 Å². The molecule has 0 N–H and O–H groups in total. The summed E-state index contributed by atoms with van der Waals surface area (Å²) in [6.45, 7) is 2.00. The first-order valence-corrected chi connectivity index (χ1v) is 9.57. The van der Waals surface area contributed by atoms with Crippen molar-refractivity contribution in [3.8, 4) is 22.9 Å². The number of hydrogen-bond acceptors (Lipinski definition) is 5. The van der Waals surface area contributed by atoms with Crippen molar-refractivity contribution >= 4 is 17.4 Å². The van der Waals surface area contributed by atoms with E-state index in [9.17, 15) is 4.79 Å². The van der Waals surface area contributed by atoms with Gasteiger partial charge in [0.25, 0.3) is 0 Å². The summed E-state index contributed by atoms with van der Waals surface area (Å²) in [6, 6.07) is 15.1. The molecule has 0 bridgehead atoms. The van der Waals surface area contributed by atoms with Gasteiger partial charge in [-0.15, -0.1) is 0 Å². The molecule has 0 atom stereocenters. The van der Waals surface area contributed by atoms with Crippen LogP contribution in [-0.4, -0.2) is 30.1 Å². The number of carbonyl (C=O) groups excluding carboxylic acids is 1. The van der Waals surface area contributed by atoms with Crippen LogP contribution in [0.25, 0.3) is 11.3 Å².